The fraction of sp³-hybridized carbons (Fsp3) is 0.500. The first-order valence-corrected chi connectivity index (χ1v) is 9.09. The molecule has 0 aromatic carbocycles. The largest absolute Gasteiger partial charge is 0.463 e. The van der Waals surface area contributed by atoms with E-state index in [1.807, 2.05) is 0 Å². The third kappa shape index (κ3) is 4.42. The number of rotatable bonds is 6. The number of nitrogens with two attached hydrogens (primary N) is 1. The lowest BCUT2D eigenvalue weighted by atomic mass is 10.1. The zero-order valence-corrected chi connectivity index (χ0v) is 17.0. The van der Waals surface area contributed by atoms with Gasteiger partial charge in [-0.3, -0.25) is 19.0 Å². The van der Waals surface area contributed by atoms with Crippen LogP contribution in [0.5, 0.6) is 0 Å². The molecule has 0 radical (unpaired) electrons. The Kier molecular flexibility index (Phi) is 6.34. The van der Waals surface area contributed by atoms with E-state index in [0.29, 0.717) is 0 Å². The summed E-state index contributed by atoms with van der Waals surface area (Å²) >= 11 is 5.96. The monoisotopic (exact) mass is 442 g/mol. The summed E-state index contributed by atoms with van der Waals surface area (Å²) in [5.74, 6) is 3.79. The van der Waals surface area contributed by atoms with Crippen LogP contribution in [0.2, 0.25) is 5.28 Å². The number of fused-ring (bicyclic) bond motifs is 1. The van der Waals surface area contributed by atoms with Crippen molar-refractivity contribution in [1.29, 1.82) is 0 Å². The number of anilines is 1. The van der Waals surface area contributed by atoms with Gasteiger partial charge in [-0.2, -0.15) is 9.97 Å². The average Bonchev–Trinajstić information content (AvgIpc) is 3.20. The number of nitrogens with zero attached hydrogens (tertiary/aromatic N) is 4. The van der Waals surface area contributed by atoms with Crippen LogP contribution >= 0.6 is 11.6 Å². The van der Waals surface area contributed by atoms with E-state index in [-0.39, 0.29) is 28.9 Å². The Labute approximate surface area is 174 Å². The molecular formula is C16H19ClN6O7. The number of halogens is 1. The number of nitrogen functional groups attached to an aromatic ring is 1. The number of hydrazine groups is 1. The van der Waals surface area contributed by atoms with Gasteiger partial charge in [0.05, 0.1) is 6.33 Å². The van der Waals surface area contributed by atoms with Crippen molar-refractivity contribution in [3.63, 3.8) is 0 Å². The van der Waals surface area contributed by atoms with Gasteiger partial charge in [-0.15, -0.1) is 0 Å². The van der Waals surface area contributed by atoms with Crippen molar-refractivity contribution < 1.29 is 33.3 Å². The van der Waals surface area contributed by atoms with Crippen molar-refractivity contribution in [2.75, 3.05) is 12.0 Å². The Morgan fingerprint density at radius 2 is 1.83 bits per heavy atom. The predicted molar refractivity (Wildman–Crippen MR) is 99.8 cm³/mol. The summed E-state index contributed by atoms with van der Waals surface area (Å²) in [6.45, 7) is 3.38. The molecule has 0 aliphatic carbocycles. The number of carbonyl (C=O) groups is 3. The fourth-order valence-corrected chi connectivity index (χ4v) is 3.26. The molecular weight excluding hydrogens is 424 g/mol. The van der Waals surface area contributed by atoms with Gasteiger partial charge in [-0.25, -0.2) is 10.8 Å². The van der Waals surface area contributed by atoms with Gasteiger partial charge < -0.3 is 24.4 Å². The molecule has 2 aromatic heterocycles. The lowest BCUT2D eigenvalue weighted by molar-refractivity contribution is -0.166. The van der Waals surface area contributed by atoms with Crippen LogP contribution in [-0.2, 0) is 33.3 Å². The third-order valence-corrected chi connectivity index (χ3v) is 4.31. The van der Waals surface area contributed by atoms with Crippen LogP contribution in [-0.4, -0.2) is 62.3 Å². The summed E-state index contributed by atoms with van der Waals surface area (Å²) in [6, 6.07) is 0. The van der Waals surface area contributed by atoms with Gasteiger partial charge in [-0.1, -0.05) is 0 Å². The molecule has 30 heavy (non-hydrogen) atoms. The van der Waals surface area contributed by atoms with Gasteiger partial charge in [0.2, 0.25) is 5.28 Å². The molecule has 1 unspecified atom stereocenters. The van der Waals surface area contributed by atoms with Crippen LogP contribution in [0.15, 0.2) is 6.33 Å². The molecule has 3 heterocycles. The first-order valence-electron chi connectivity index (χ1n) is 8.71. The van der Waals surface area contributed by atoms with Crippen LogP contribution in [0.3, 0.4) is 0 Å². The van der Waals surface area contributed by atoms with E-state index in [2.05, 4.69) is 20.4 Å². The van der Waals surface area contributed by atoms with E-state index in [9.17, 15) is 14.4 Å². The molecule has 162 valence electrons. The molecule has 13 nitrogen and oxygen atoms in total. The number of nitrogens with one attached hydrogen (secondary N) is 1. The molecule has 3 rings (SSSR count). The molecule has 0 bridgehead atoms. The van der Waals surface area contributed by atoms with Crippen molar-refractivity contribution in [2.24, 2.45) is 5.84 Å². The summed E-state index contributed by atoms with van der Waals surface area (Å²) in [5, 5.41) is -0.118. The van der Waals surface area contributed by atoms with Gasteiger partial charge in [0.25, 0.3) is 0 Å². The zero-order valence-electron chi connectivity index (χ0n) is 16.2. The zero-order chi connectivity index (χ0) is 22.0. The molecule has 1 saturated heterocycles. The summed E-state index contributed by atoms with van der Waals surface area (Å²) in [7, 11) is 0. The summed E-state index contributed by atoms with van der Waals surface area (Å²) in [4.78, 5) is 46.9. The fourth-order valence-electron chi connectivity index (χ4n) is 3.09. The van der Waals surface area contributed by atoms with Crippen molar-refractivity contribution in [3.8, 4) is 0 Å². The van der Waals surface area contributed by atoms with E-state index in [1.54, 1.807) is 0 Å². The van der Waals surface area contributed by atoms with Gasteiger partial charge in [0.1, 0.15) is 12.7 Å². The van der Waals surface area contributed by atoms with Crippen LogP contribution in [0.4, 0.5) is 5.82 Å². The Hall–Kier alpha value is -3.03. The summed E-state index contributed by atoms with van der Waals surface area (Å²) in [6.07, 6.45) is -2.74. The van der Waals surface area contributed by atoms with Crippen LogP contribution in [0.25, 0.3) is 11.2 Å². The number of hydrogen-bond acceptors (Lipinski definition) is 12. The molecule has 1 aliphatic heterocycles. The number of esters is 3. The number of aromatic nitrogens is 4. The highest BCUT2D eigenvalue weighted by Crippen LogP contribution is 2.36. The molecule has 0 saturated carbocycles. The Morgan fingerprint density at radius 1 is 1.17 bits per heavy atom. The Bertz CT molecular complexity index is 982. The lowest BCUT2D eigenvalue weighted by Crippen LogP contribution is -2.40. The first-order chi connectivity index (χ1) is 14.2. The molecule has 3 N–H and O–H groups in total. The van der Waals surface area contributed by atoms with Gasteiger partial charge in [0.15, 0.2) is 35.4 Å². The third-order valence-electron chi connectivity index (χ3n) is 4.15. The van der Waals surface area contributed by atoms with E-state index in [1.165, 1.54) is 31.7 Å². The maximum absolute atomic E-state index is 11.7. The summed E-state index contributed by atoms with van der Waals surface area (Å²) < 4.78 is 23.1. The van der Waals surface area contributed by atoms with Crippen molar-refractivity contribution >= 4 is 46.5 Å². The maximum Gasteiger partial charge on any atom is 0.303 e. The lowest BCUT2D eigenvalue weighted by Gasteiger charge is -2.23. The number of imidazole rings is 1. The Morgan fingerprint density at radius 3 is 2.43 bits per heavy atom. The van der Waals surface area contributed by atoms with Crippen molar-refractivity contribution in [3.05, 3.63) is 11.6 Å². The van der Waals surface area contributed by atoms with Crippen LogP contribution < -0.4 is 11.3 Å². The minimum Gasteiger partial charge on any atom is -0.463 e. The van der Waals surface area contributed by atoms with Crippen LogP contribution in [0, 0.1) is 0 Å². The van der Waals surface area contributed by atoms with Gasteiger partial charge in [-0.05, 0) is 11.6 Å². The molecule has 2 aromatic rings. The molecule has 4 atom stereocenters. The molecule has 1 fully saturated rings. The number of ether oxygens (including phenoxy) is 4. The quantitative estimate of drug-likeness (QED) is 0.203. The second-order valence-electron chi connectivity index (χ2n) is 6.33. The second kappa shape index (κ2) is 8.77. The number of hydrogen-bond donors (Lipinski definition) is 2. The molecule has 0 amide bonds. The van der Waals surface area contributed by atoms with Crippen LogP contribution in [0.1, 0.15) is 27.0 Å². The molecule has 1 aliphatic rings. The van der Waals surface area contributed by atoms with E-state index < -0.39 is 42.4 Å². The van der Waals surface area contributed by atoms with E-state index in [0.717, 1.165) is 0 Å². The molecule has 14 heteroatoms. The van der Waals surface area contributed by atoms with Gasteiger partial charge in [0, 0.05) is 20.8 Å². The smallest absolute Gasteiger partial charge is 0.303 e. The van der Waals surface area contributed by atoms with E-state index in [4.69, 9.17) is 36.4 Å². The highest BCUT2D eigenvalue weighted by Gasteiger charge is 2.51. The highest BCUT2D eigenvalue weighted by atomic mass is 35.5. The second-order valence-corrected chi connectivity index (χ2v) is 6.66. The molecule has 0 spiro atoms. The Balaban J connectivity index is 2.05. The minimum atomic E-state index is -1.09. The highest BCUT2D eigenvalue weighted by molar-refractivity contribution is 6.28. The standard InChI is InChI=1S/C16H19ClN6O7/c1-6(24)27-4-9-11(28-7(2)25)12(29-8(3)26)15(30-9)23-5-19-10-13(22-18)20-16(17)21-14(10)23/h5,9,11-12,15H,4,18H2,1-3H3,(H,20,21,22)/t9-,11+,12-,15?/m0/s1. The number of carbonyl (C=O) groups excluding carboxylic acids is 3. The van der Waals surface area contributed by atoms with E-state index >= 15 is 0 Å². The normalized spacial score (nSPS) is 23.2. The summed E-state index contributed by atoms with van der Waals surface area (Å²) in [5.41, 5.74) is 2.87. The topological polar surface area (TPSA) is 170 Å². The van der Waals surface area contributed by atoms with Gasteiger partial charge >= 0.3 is 17.9 Å². The first kappa shape index (κ1) is 21.7. The van der Waals surface area contributed by atoms with Crippen molar-refractivity contribution in [1.82, 2.24) is 19.5 Å². The maximum atomic E-state index is 11.7. The average molecular weight is 443 g/mol. The SMILES string of the molecule is CC(=O)OC[C@@H]1OC(n2cnc3c(NN)nc(Cl)nc32)[C@@H](OC(C)=O)[C@@H]1OC(C)=O. The minimum absolute atomic E-state index is 0.118. The predicted octanol–water partition coefficient (Wildman–Crippen LogP) is 0.0892. The van der Waals surface area contributed by atoms with Crippen molar-refractivity contribution in [2.45, 2.75) is 45.3 Å².